The van der Waals surface area contributed by atoms with E-state index in [1.54, 1.807) is 12.1 Å². The van der Waals surface area contributed by atoms with Crippen LogP contribution in [0.5, 0.6) is 0 Å². The van der Waals surface area contributed by atoms with E-state index in [1.807, 2.05) is 26.1 Å². The van der Waals surface area contributed by atoms with Gasteiger partial charge in [0.15, 0.2) is 0 Å². The van der Waals surface area contributed by atoms with Gasteiger partial charge in [-0.05, 0) is 31.5 Å². The number of nitrogens with one attached hydrogen (secondary N) is 1. The third-order valence-corrected chi connectivity index (χ3v) is 3.99. The molecule has 1 heterocycles. The lowest BCUT2D eigenvalue weighted by molar-refractivity contribution is 0.756. The van der Waals surface area contributed by atoms with Crippen LogP contribution in [0.1, 0.15) is 25.6 Å². The van der Waals surface area contributed by atoms with Gasteiger partial charge in [0.25, 0.3) is 0 Å². The van der Waals surface area contributed by atoms with Crippen molar-refractivity contribution in [3.8, 4) is 0 Å². The molecule has 0 saturated carbocycles. The lowest BCUT2D eigenvalue weighted by Gasteiger charge is -2.19. The van der Waals surface area contributed by atoms with Crippen molar-refractivity contribution in [2.24, 2.45) is 0 Å². The smallest absolute Gasteiger partial charge is 0.136 e. The van der Waals surface area contributed by atoms with E-state index in [0.717, 1.165) is 42.5 Å². The number of aryl methyl sites for hydroxylation is 1. The summed E-state index contributed by atoms with van der Waals surface area (Å²) in [6, 6.07) is 7.34. The van der Waals surface area contributed by atoms with Crippen LogP contribution in [0.4, 0.5) is 17.3 Å². The number of nitrogens with zero attached hydrogens (tertiary/aromatic N) is 3. The van der Waals surface area contributed by atoms with Gasteiger partial charge in [-0.25, -0.2) is 9.97 Å². The molecular formula is C16H20Cl2N4. The van der Waals surface area contributed by atoms with E-state index in [-0.39, 0.29) is 0 Å². The highest BCUT2D eigenvalue weighted by Gasteiger charge is 2.07. The number of anilines is 3. The Kier molecular flexibility index (Phi) is 5.86. The standard InChI is InChI=1S/C16H20Cl2N4/c1-4-5-8-22(3)16-10-15(19-11(2)20-16)21-12-6-7-13(17)14(18)9-12/h6-7,9-10H,4-5,8H2,1-3H3,(H,19,20,21). The highest BCUT2D eigenvalue weighted by molar-refractivity contribution is 6.42. The Hall–Kier alpha value is -1.52. The van der Waals surface area contributed by atoms with Gasteiger partial charge in [-0.3, -0.25) is 0 Å². The highest BCUT2D eigenvalue weighted by Crippen LogP contribution is 2.27. The van der Waals surface area contributed by atoms with E-state index >= 15 is 0 Å². The SMILES string of the molecule is CCCCN(C)c1cc(Nc2ccc(Cl)c(Cl)c2)nc(C)n1. The van der Waals surface area contributed by atoms with Crippen LogP contribution in [0.2, 0.25) is 10.0 Å². The number of benzene rings is 1. The van der Waals surface area contributed by atoms with Crippen LogP contribution in [0.15, 0.2) is 24.3 Å². The van der Waals surface area contributed by atoms with Gasteiger partial charge in [-0.1, -0.05) is 36.5 Å². The molecule has 0 amide bonds. The average molecular weight is 339 g/mol. The Morgan fingerprint density at radius 3 is 2.59 bits per heavy atom. The average Bonchev–Trinajstić information content (AvgIpc) is 2.48. The Bertz CT molecular complexity index is 646. The Morgan fingerprint density at radius 2 is 1.91 bits per heavy atom. The summed E-state index contributed by atoms with van der Waals surface area (Å²) in [6.45, 7) is 5.03. The molecule has 0 unspecified atom stereocenters. The lowest BCUT2D eigenvalue weighted by Crippen LogP contribution is -2.20. The summed E-state index contributed by atoms with van der Waals surface area (Å²) in [4.78, 5) is 11.0. The van der Waals surface area contributed by atoms with Crippen LogP contribution in [0.3, 0.4) is 0 Å². The molecule has 0 aliphatic rings. The van der Waals surface area contributed by atoms with Gasteiger partial charge in [0.05, 0.1) is 10.0 Å². The van der Waals surface area contributed by atoms with Crippen molar-refractivity contribution in [3.63, 3.8) is 0 Å². The second-order valence-electron chi connectivity index (χ2n) is 5.19. The maximum absolute atomic E-state index is 6.04. The largest absolute Gasteiger partial charge is 0.360 e. The number of aromatic nitrogens is 2. The van der Waals surface area contributed by atoms with Gasteiger partial charge in [0, 0.05) is 25.3 Å². The van der Waals surface area contributed by atoms with Crippen LogP contribution in [-0.2, 0) is 0 Å². The number of unbranched alkanes of at least 4 members (excludes halogenated alkanes) is 1. The molecule has 0 saturated heterocycles. The Morgan fingerprint density at radius 1 is 1.14 bits per heavy atom. The van der Waals surface area contributed by atoms with Gasteiger partial charge in [0.2, 0.25) is 0 Å². The maximum atomic E-state index is 6.04. The van der Waals surface area contributed by atoms with Crippen LogP contribution >= 0.6 is 23.2 Å². The maximum Gasteiger partial charge on any atom is 0.136 e. The van der Waals surface area contributed by atoms with Crippen LogP contribution in [0, 0.1) is 6.92 Å². The second kappa shape index (κ2) is 7.65. The van der Waals surface area contributed by atoms with Crippen LogP contribution < -0.4 is 10.2 Å². The first-order valence-corrected chi connectivity index (χ1v) is 8.04. The van der Waals surface area contributed by atoms with Gasteiger partial charge in [-0.2, -0.15) is 0 Å². The molecule has 1 aromatic heterocycles. The minimum absolute atomic E-state index is 0.512. The monoisotopic (exact) mass is 338 g/mol. The molecule has 4 nitrogen and oxygen atoms in total. The van der Waals surface area contributed by atoms with E-state index in [1.165, 1.54) is 0 Å². The van der Waals surface area contributed by atoms with Crippen LogP contribution in [-0.4, -0.2) is 23.6 Å². The molecule has 118 valence electrons. The number of hydrogen-bond donors (Lipinski definition) is 1. The van der Waals surface area contributed by atoms with Crippen molar-refractivity contribution in [2.75, 3.05) is 23.8 Å². The van der Waals surface area contributed by atoms with Crippen molar-refractivity contribution in [1.29, 1.82) is 0 Å². The molecule has 0 bridgehead atoms. The molecule has 0 aliphatic heterocycles. The quantitative estimate of drug-likeness (QED) is 0.798. The minimum Gasteiger partial charge on any atom is -0.360 e. The zero-order valence-electron chi connectivity index (χ0n) is 13.0. The molecular weight excluding hydrogens is 319 g/mol. The summed E-state index contributed by atoms with van der Waals surface area (Å²) < 4.78 is 0. The lowest BCUT2D eigenvalue weighted by atomic mass is 10.3. The van der Waals surface area contributed by atoms with Crippen molar-refractivity contribution in [2.45, 2.75) is 26.7 Å². The van der Waals surface area contributed by atoms with Crippen LogP contribution in [0.25, 0.3) is 0 Å². The van der Waals surface area contributed by atoms with E-state index in [0.29, 0.717) is 10.0 Å². The molecule has 1 N–H and O–H groups in total. The Labute approximate surface area is 141 Å². The van der Waals surface area contributed by atoms with Crippen molar-refractivity contribution in [1.82, 2.24) is 9.97 Å². The molecule has 22 heavy (non-hydrogen) atoms. The first-order chi connectivity index (χ1) is 10.5. The number of rotatable bonds is 6. The minimum atomic E-state index is 0.512. The van der Waals surface area contributed by atoms with Gasteiger partial charge in [0.1, 0.15) is 17.5 Å². The van der Waals surface area contributed by atoms with E-state index in [9.17, 15) is 0 Å². The van der Waals surface area contributed by atoms with Crippen molar-refractivity contribution < 1.29 is 0 Å². The van der Waals surface area contributed by atoms with E-state index in [2.05, 4.69) is 27.1 Å². The topological polar surface area (TPSA) is 41.0 Å². The highest BCUT2D eigenvalue weighted by atomic mass is 35.5. The first-order valence-electron chi connectivity index (χ1n) is 7.28. The van der Waals surface area contributed by atoms with E-state index < -0.39 is 0 Å². The predicted molar refractivity (Wildman–Crippen MR) is 94.7 cm³/mol. The van der Waals surface area contributed by atoms with Gasteiger partial charge < -0.3 is 10.2 Å². The summed E-state index contributed by atoms with van der Waals surface area (Å²) >= 11 is 12.0. The summed E-state index contributed by atoms with van der Waals surface area (Å²) in [7, 11) is 2.04. The fourth-order valence-corrected chi connectivity index (χ4v) is 2.34. The molecule has 0 atom stereocenters. The molecule has 6 heteroatoms. The molecule has 2 aromatic rings. The fraction of sp³-hybridized carbons (Fsp3) is 0.375. The normalized spacial score (nSPS) is 10.6. The molecule has 0 aliphatic carbocycles. The predicted octanol–water partition coefficient (Wildman–Crippen LogP) is 5.07. The summed E-state index contributed by atoms with van der Waals surface area (Å²) in [5.41, 5.74) is 0.842. The zero-order valence-corrected chi connectivity index (χ0v) is 14.5. The zero-order chi connectivity index (χ0) is 16.1. The third-order valence-electron chi connectivity index (χ3n) is 3.25. The molecule has 0 fully saturated rings. The summed E-state index contributed by atoms with van der Waals surface area (Å²) in [6.07, 6.45) is 2.29. The molecule has 1 aromatic carbocycles. The van der Waals surface area contributed by atoms with Gasteiger partial charge >= 0.3 is 0 Å². The van der Waals surface area contributed by atoms with Crippen molar-refractivity contribution in [3.05, 3.63) is 40.1 Å². The summed E-state index contributed by atoms with van der Waals surface area (Å²) in [5, 5.41) is 4.29. The molecule has 0 radical (unpaired) electrons. The third kappa shape index (κ3) is 4.49. The molecule has 2 rings (SSSR count). The van der Waals surface area contributed by atoms with E-state index in [4.69, 9.17) is 23.2 Å². The second-order valence-corrected chi connectivity index (χ2v) is 6.00. The fourth-order valence-electron chi connectivity index (χ4n) is 2.04. The van der Waals surface area contributed by atoms with Crippen molar-refractivity contribution >= 4 is 40.5 Å². The first kappa shape index (κ1) is 16.8. The Balaban J connectivity index is 2.20. The number of hydrogen-bond acceptors (Lipinski definition) is 4. The number of halogens is 2. The molecule has 0 spiro atoms. The summed E-state index contributed by atoms with van der Waals surface area (Å²) in [5.74, 6) is 2.37. The van der Waals surface area contributed by atoms with Gasteiger partial charge in [-0.15, -0.1) is 0 Å².